The summed E-state index contributed by atoms with van der Waals surface area (Å²) in [6.45, 7) is 6.20. The van der Waals surface area contributed by atoms with E-state index < -0.39 is 0 Å². The first kappa shape index (κ1) is 12.1. The highest BCUT2D eigenvalue weighted by molar-refractivity contribution is 7.10. The average molecular weight is 270 g/mol. The number of aromatic nitrogens is 2. The van der Waals surface area contributed by atoms with Crippen molar-refractivity contribution in [2.45, 2.75) is 20.8 Å². The predicted molar refractivity (Wildman–Crippen MR) is 77.3 cm³/mol. The number of benzene rings is 1. The lowest BCUT2D eigenvalue weighted by Crippen LogP contribution is -1.84. The minimum atomic E-state index is 0.580. The lowest BCUT2D eigenvalue weighted by molar-refractivity contribution is 0.584. The van der Waals surface area contributed by atoms with Gasteiger partial charge in [0.25, 0.3) is 0 Å². The number of thiophene rings is 1. The van der Waals surface area contributed by atoms with Gasteiger partial charge in [-0.1, -0.05) is 17.7 Å². The maximum atomic E-state index is 5.77. The van der Waals surface area contributed by atoms with Crippen molar-refractivity contribution >= 4 is 11.3 Å². The van der Waals surface area contributed by atoms with Crippen LogP contribution in [0, 0.1) is 20.8 Å². The molecule has 0 aliphatic carbocycles. The number of rotatable bonds is 2. The number of aryl methyl sites for hydroxylation is 3. The molecular weight excluding hydrogens is 256 g/mol. The van der Waals surface area contributed by atoms with Gasteiger partial charge in [0.15, 0.2) is 0 Å². The van der Waals surface area contributed by atoms with E-state index in [0.717, 1.165) is 16.7 Å². The summed E-state index contributed by atoms with van der Waals surface area (Å²) in [6, 6.07) is 8.26. The van der Waals surface area contributed by atoms with Gasteiger partial charge in [-0.3, -0.25) is 0 Å². The van der Waals surface area contributed by atoms with Gasteiger partial charge in [-0.15, -0.1) is 21.5 Å². The van der Waals surface area contributed by atoms with Crippen LogP contribution in [0.4, 0.5) is 0 Å². The van der Waals surface area contributed by atoms with E-state index in [1.54, 1.807) is 11.3 Å². The molecule has 0 aliphatic rings. The number of nitrogens with zero attached hydrogens (tertiary/aromatic N) is 2. The minimum Gasteiger partial charge on any atom is -0.416 e. The molecule has 3 aromatic rings. The summed E-state index contributed by atoms with van der Waals surface area (Å²) in [6.07, 6.45) is 0. The molecule has 0 N–H and O–H groups in total. The summed E-state index contributed by atoms with van der Waals surface area (Å²) in [5, 5.41) is 10.3. The van der Waals surface area contributed by atoms with E-state index in [2.05, 4.69) is 49.2 Å². The van der Waals surface area contributed by atoms with E-state index in [1.807, 2.05) is 11.4 Å². The van der Waals surface area contributed by atoms with E-state index in [0.29, 0.717) is 11.8 Å². The van der Waals surface area contributed by atoms with Crippen molar-refractivity contribution in [3.05, 3.63) is 45.6 Å². The Bertz CT molecular complexity index is 727. The Hall–Kier alpha value is -1.94. The van der Waals surface area contributed by atoms with Crippen LogP contribution in [0.25, 0.3) is 22.9 Å². The van der Waals surface area contributed by atoms with Crippen LogP contribution in [-0.4, -0.2) is 10.2 Å². The predicted octanol–water partition coefficient (Wildman–Crippen LogP) is 4.39. The Morgan fingerprint density at radius 2 is 1.79 bits per heavy atom. The fraction of sp³-hybridized carbons (Fsp3) is 0.200. The maximum Gasteiger partial charge on any atom is 0.249 e. The van der Waals surface area contributed by atoms with Crippen LogP contribution in [-0.2, 0) is 0 Å². The lowest BCUT2D eigenvalue weighted by Gasteiger charge is -2.01. The summed E-state index contributed by atoms with van der Waals surface area (Å²) < 4.78 is 5.77. The SMILES string of the molecule is Cc1ccc(-c2nnc(-c3csc(C)c3)o2)c(C)c1. The molecule has 0 aliphatic heterocycles. The van der Waals surface area contributed by atoms with Crippen molar-refractivity contribution in [3.63, 3.8) is 0 Å². The molecule has 0 spiro atoms. The molecule has 1 aromatic carbocycles. The number of hydrogen-bond donors (Lipinski definition) is 0. The zero-order valence-electron chi connectivity index (χ0n) is 11.1. The van der Waals surface area contributed by atoms with Crippen LogP contribution >= 0.6 is 11.3 Å². The molecule has 0 bridgehead atoms. The van der Waals surface area contributed by atoms with E-state index in [4.69, 9.17) is 4.42 Å². The summed E-state index contributed by atoms with van der Waals surface area (Å²) >= 11 is 1.68. The molecule has 3 rings (SSSR count). The molecule has 3 nitrogen and oxygen atoms in total. The summed E-state index contributed by atoms with van der Waals surface area (Å²) in [7, 11) is 0. The van der Waals surface area contributed by atoms with E-state index >= 15 is 0 Å². The fourth-order valence-electron chi connectivity index (χ4n) is 2.06. The highest BCUT2D eigenvalue weighted by Gasteiger charge is 2.13. The summed E-state index contributed by atoms with van der Waals surface area (Å²) in [5.41, 5.74) is 4.37. The Morgan fingerprint density at radius 1 is 1.00 bits per heavy atom. The third-order valence-corrected chi connectivity index (χ3v) is 3.88. The molecule has 0 fully saturated rings. The first-order valence-electron chi connectivity index (χ1n) is 6.10. The number of hydrogen-bond acceptors (Lipinski definition) is 4. The molecule has 0 saturated heterocycles. The molecular formula is C15H14N2OS. The average Bonchev–Trinajstić information content (AvgIpc) is 2.97. The van der Waals surface area contributed by atoms with E-state index in [1.165, 1.54) is 10.4 Å². The molecule has 0 amide bonds. The van der Waals surface area contributed by atoms with Gasteiger partial charge in [-0.05, 0) is 38.5 Å². The maximum absolute atomic E-state index is 5.77. The van der Waals surface area contributed by atoms with Gasteiger partial charge in [0.1, 0.15) is 0 Å². The van der Waals surface area contributed by atoms with Crippen molar-refractivity contribution in [1.29, 1.82) is 0 Å². The molecule has 19 heavy (non-hydrogen) atoms. The quantitative estimate of drug-likeness (QED) is 0.693. The second kappa shape index (κ2) is 4.63. The van der Waals surface area contributed by atoms with Crippen LogP contribution in [0.3, 0.4) is 0 Å². The Labute approximate surface area is 115 Å². The van der Waals surface area contributed by atoms with E-state index in [-0.39, 0.29) is 0 Å². The minimum absolute atomic E-state index is 0.580. The molecule has 0 saturated carbocycles. The van der Waals surface area contributed by atoms with Crippen LogP contribution in [0.5, 0.6) is 0 Å². The third kappa shape index (κ3) is 2.31. The van der Waals surface area contributed by atoms with Crippen molar-refractivity contribution < 1.29 is 4.42 Å². The molecule has 0 unspecified atom stereocenters. The Balaban J connectivity index is 2.01. The highest BCUT2D eigenvalue weighted by Crippen LogP contribution is 2.28. The first-order chi connectivity index (χ1) is 9.13. The van der Waals surface area contributed by atoms with Crippen molar-refractivity contribution in [2.75, 3.05) is 0 Å². The topological polar surface area (TPSA) is 38.9 Å². The van der Waals surface area contributed by atoms with Gasteiger partial charge >= 0.3 is 0 Å². The van der Waals surface area contributed by atoms with Gasteiger partial charge in [0, 0.05) is 21.4 Å². The van der Waals surface area contributed by atoms with Crippen LogP contribution in [0.2, 0.25) is 0 Å². The molecule has 0 radical (unpaired) electrons. The van der Waals surface area contributed by atoms with E-state index in [9.17, 15) is 0 Å². The molecule has 2 heterocycles. The van der Waals surface area contributed by atoms with Gasteiger partial charge in [-0.2, -0.15) is 0 Å². The van der Waals surface area contributed by atoms with Crippen molar-refractivity contribution in [2.24, 2.45) is 0 Å². The smallest absolute Gasteiger partial charge is 0.249 e. The fourth-order valence-corrected chi connectivity index (χ4v) is 2.73. The largest absolute Gasteiger partial charge is 0.416 e. The Morgan fingerprint density at radius 3 is 2.47 bits per heavy atom. The van der Waals surface area contributed by atoms with Gasteiger partial charge < -0.3 is 4.42 Å². The zero-order valence-corrected chi connectivity index (χ0v) is 11.9. The van der Waals surface area contributed by atoms with Gasteiger partial charge in [0.2, 0.25) is 11.8 Å². The third-order valence-electron chi connectivity index (χ3n) is 3.01. The first-order valence-corrected chi connectivity index (χ1v) is 6.98. The highest BCUT2D eigenvalue weighted by atomic mass is 32.1. The van der Waals surface area contributed by atoms with Crippen LogP contribution < -0.4 is 0 Å². The molecule has 0 atom stereocenters. The monoisotopic (exact) mass is 270 g/mol. The standard InChI is InChI=1S/C15H14N2OS/c1-9-4-5-13(10(2)6-9)15-17-16-14(18-15)12-7-11(3)19-8-12/h4-8H,1-3H3. The summed E-state index contributed by atoms with van der Waals surface area (Å²) in [5.74, 6) is 1.16. The summed E-state index contributed by atoms with van der Waals surface area (Å²) in [4.78, 5) is 1.24. The van der Waals surface area contributed by atoms with Crippen molar-refractivity contribution in [1.82, 2.24) is 10.2 Å². The lowest BCUT2D eigenvalue weighted by atomic mass is 10.1. The van der Waals surface area contributed by atoms with Crippen LogP contribution in [0.1, 0.15) is 16.0 Å². The molecule has 4 heteroatoms. The second-order valence-corrected chi connectivity index (χ2v) is 5.79. The van der Waals surface area contributed by atoms with Gasteiger partial charge in [-0.25, -0.2) is 0 Å². The van der Waals surface area contributed by atoms with Crippen LogP contribution in [0.15, 0.2) is 34.1 Å². The second-order valence-electron chi connectivity index (χ2n) is 4.68. The normalized spacial score (nSPS) is 10.9. The molecule has 96 valence electrons. The van der Waals surface area contributed by atoms with Crippen molar-refractivity contribution in [3.8, 4) is 22.9 Å². The van der Waals surface area contributed by atoms with Gasteiger partial charge in [0.05, 0.1) is 0 Å². The Kier molecular flexibility index (Phi) is 2.95. The molecule has 2 aromatic heterocycles. The zero-order chi connectivity index (χ0) is 13.4.